The minimum Gasteiger partial charge on any atom is -0.446 e. The van der Waals surface area contributed by atoms with Crippen molar-refractivity contribution in [1.82, 2.24) is 19.6 Å². The van der Waals surface area contributed by atoms with Crippen molar-refractivity contribution < 1.29 is 18.0 Å². The third kappa shape index (κ3) is 3.03. The van der Waals surface area contributed by atoms with Crippen LogP contribution in [0.1, 0.15) is 22.6 Å². The molecule has 2 aromatic carbocycles. The Hall–Kier alpha value is -4.31. The van der Waals surface area contributed by atoms with Gasteiger partial charge in [0, 0.05) is 0 Å². The van der Waals surface area contributed by atoms with Crippen molar-refractivity contribution >= 4 is 32.5 Å². The van der Waals surface area contributed by atoms with Gasteiger partial charge in [-0.05, 0) is 57.9 Å². The summed E-state index contributed by atoms with van der Waals surface area (Å²) in [6.07, 6.45) is 1.48. The summed E-state index contributed by atoms with van der Waals surface area (Å²) in [7, 11) is 0. The van der Waals surface area contributed by atoms with Crippen LogP contribution in [0.25, 0.3) is 28.2 Å². The first kappa shape index (κ1) is 20.1. The van der Waals surface area contributed by atoms with Gasteiger partial charge < -0.3 is 13.6 Å². The van der Waals surface area contributed by atoms with Gasteiger partial charge in [0.1, 0.15) is 17.7 Å². The molecule has 4 aromatic heterocycles. The lowest BCUT2D eigenvalue weighted by Gasteiger charge is -2.27. The average molecular weight is 531 g/mol. The summed E-state index contributed by atoms with van der Waals surface area (Å²) in [4.78, 5) is 22.4. The summed E-state index contributed by atoms with van der Waals surface area (Å²) in [5.41, 5.74) is 1.42. The Morgan fingerprint density at radius 2 is 1.89 bits per heavy atom. The molecule has 8 nitrogen and oxygen atoms in total. The summed E-state index contributed by atoms with van der Waals surface area (Å²) >= 11 is 3.28. The van der Waals surface area contributed by atoms with E-state index in [1.807, 2.05) is 6.07 Å². The zero-order valence-corrected chi connectivity index (χ0v) is 19.2. The van der Waals surface area contributed by atoms with E-state index in [9.17, 15) is 9.18 Å². The van der Waals surface area contributed by atoms with E-state index in [2.05, 4.69) is 31.0 Å². The highest BCUT2D eigenvalue weighted by molar-refractivity contribution is 9.10. The molecule has 1 aliphatic rings. The van der Waals surface area contributed by atoms with Gasteiger partial charge in [0.05, 0.1) is 22.4 Å². The topological polar surface area (TPSA) is 95.7 Å². The van der Waals surface area contributed by atoms with E-state index in [1.54, 1.807) is 42.5 Å². The second kappa shape index (κ2) is 7.34. The van der Waals surface area contributed by atoms with E-state index in [1.165, 1.54) is 23.0 Å². The smallest absolute Gasteiger partial charge is 0.344 e. The Bertz CT molecular complexity index is 1860. The first-order valence-corrected chi connectivity index (χ1v) is 11.4. The van der Waals surface area contributed by atoms with Crippen molar-refractivity contribution in [1.29, 1.82) is 0 Å². The van der Waals surface area contributed by atoms with E-state index < -0.39 is 17.4 Å². The minimum atomic E-state index is -0.762. The van der Waals surface area contributed by atoms with Crippen LogP contribution in [0.3, 0.4) is 0 Å². The van der Waals surface area contributed by atoms with Crippen LogP contribution in [0.2, 0.25) is 0 Å². The number of halogens is 2. The zero-order chi connectivity index (χ0) is 23.7. The number of benzene rings is 2. The predicted molar refractivity (Wildman–Crippen MR) is 126 cm³/mol. The number of nitrogens with zero attached hydrogens (tertiary/aromatic N) is 4. The summed E-state index contributed by atoms with van der Waals surface area (Å²) in [6, 6.07) is 16.6. The first-order valence-electron chi connectivity index (χ1n) is 10.6. The van der Waals surface area contributed by atoms with Crippen LogP contribution < -0.4 is 10.4 Å². The molecule has 1 aliphatic heterocycles. The predicted octanol–water partition coefficient (Wildman–Crippen LogP) is 5.68. The van der Waals surface area contributed by atoms with Gasteiger partial charge in [-0.1, -0.05) is 24.3 Å². The highest BCUT2D eigenvalue weighted by Crippen LogP contribution is 2.48. The number of hydrogen-bond donors (Lipinski definition) is 0. The van der Waals surface area contributed by atoms with Gasteiger partial charge in [-0.25, -0.2) is 23.7 Å². The third-order valence-corrected chi connectivity index (χ3v) is 6.36. The van der Waals surface area contributed by atoms with Crippen LogP contribution in [-0.2, 0) is 0 Å². The number of furan rings is 1. The second-order valence-electron chi connectivity index (χ2n) is 7.99. The summed E-state index contributed by atoms with van der Waals surface area (Å²) in [5.74, 6) is 0.130. The zero-order valence-electron chi connectivity index (χ0n) is 17.6. The summed E-state index contributed by atoms with van der Waals surface area (Å²) in [5, 5.41) is 5.09. The lowest BCUT2D eigenvalue weighted by Crippen LogP contribution is -2.22. The molecular formula is C25H12BrFN4O4. The number of ether oxygens (including phenoxy) is 1. The van der Waals surface area contributed by atoms with Crippen LogP contribution in [0.5, 0.6) is 11.6 Å². The molecule has 1 atom stereocenters. The van der Waals surface area contributed by atoms with Gasteiger partial charge in [0.25, 0.3) is 0 Å². The van der Waals surface area contributed by atoms with Crippen molar-refractivity contribution in [3.63, 3.8) is 0 Å². The molecule has 10 heteroatoms. The van der Waals surface area contributed by atoms with E-state index >= 15 is 0 Å². The number of para-hydroxylation sites is 1. The second-order valence-corrected chi connectivity index (χ2v) is 8.77. The molecule has 170 valence electrons. The average Bonchev–Trinajstić information content (AvgIpc) is 3.49. The van der Waals surface area contributed by atoms with Crippen LogP contribution in [0.4, 0.5) is 4.39 Å². The van der Waals surface area contributed by atoms with Gasteiger partial charge in [-0.15, -0.1) is 5.10 Å². The van der Waals surface area contributed by atoms with Crippen molar-refractivity contribution in [2.24, 2.45) is 0 Å². The molecule has 0 N–H and O–H groups in total. The van der Waals surface area contributed by atoms with Gasteiger partial charge in [-0.3, -0.25) is 0 Å². The fraction of sp³-hybridized carbons (Fsp3) is 0.0400. The van der Waals surface area contributed by atoms with E-state index in [4.69, 9.17) is 13.6 Å². The van der Waals surface area contributed by atoms with Crippen LogP contribution in [0.15, 0.2) is 85.3 Å². The van der Waals surface area contributed by atoms with Crippen LogP contribution in [0, 0.1) is 5.82 Å². The molecule has 0 bridgehead atoms. The van der Waals surface area contributed by atoms with E-state index in [-0.39, 0.29) is 11.4 Å². The Kier molecular flexibility index (Phi) is 4.22. The quantitative estimate of drug-likeness (QED) is 0.265. The van der Waals surface area contributed by atoms with E-state index in [0.717, 1.165) is 0 Å². The summed E-state index contributed by atoms with van der Waals surface area (Å²) < 4.78 is 33.8. The van der Waals surface area contributed by atoms with Gasteiger partial charge in [0.15, 0.2) is 21.8 Å². The highest BCUT2D eigenvalue weighted by Gasteiger charge is 2.37. The number of fused-ring (bicyclic) bond motifs is 6. The molecular weight excluding hydrogens is 519 g/mol. The molecule has 0 amide bonds. The lowest BCUT2D eigenvalue weighted by molar-refractivity contribution is 0.422. The molecule has 0 saturated carbocycles. The molecule has 1 unspecified atom stereocenters. The molecule has 5 heterocycles. The largest absolute Gasteiger partial charge is 0.446 e. The number of aromatic nitrogens is 4. The number of rotatable bonds is 2. The molecule has 0 saturated heterocycles. The Morgan fingerprint density at radius 3 is 2.71 bits per heavy atom. The van der Waals surface area contributed by atoms with Crippen molar-refractivity contribution in [3.8, 4) is 23.2 Å². The Morgan fingerprint density at radius 1 is 1.00 bits per heavy atom. The maximum atomic E-state index is 14.4. The first-order chi connectivity index (χ1) is 17.1. The molecule has 0 aliphatic carbocycles. The maximum Gasteiger partial charge on any atom is 0.344 e. The molecule has 7 rings (SSSR count). The summed E-state index contributed by atoms with van der Waals surface area (Å²) in [6.45, 7) is 0. The van der Waals surface area contributed by atoms with Gasteiger partial charge >= 0.3 is 5.63 Å². The molecule has 0 spiro atoms. The third-order valence-electron chi connectivity index (χ3n) is 5.94. The van der Waals surface area contributed by atoms with Crippen molar-refractivity contribution in [2.45, 2.75) is 5.92 Å². The van der Waals surface area contributed by atoms with Crippen molar-refractivity contribution in [2.75, 3.05) is 0 Å². The minimum absolute atomic E-state index is 0.238. The molecule has 35 heavy (non-hydrogen) atoms. The Labute approximate surface area is 203 Å². The monoisotopic (exact) mass is 530 g/mol. The lowest BCUT2D eigenvalue weighted by atomic mass is 9.84. The van der Waals surface area contributed by atoms with E-state index in [0.29, 0.717) is 49.7 Å². The maximum absolute atomic E-state index is 14.4. The SMILES string of the molecule is O=c1oc2ccccc2c2c1C(c1cccc(F)c1)c1c(ncn3nc(-c4ccc(Br)o4)nc13)O2. The van der Waals surface area contributed by atoms with Crippen molar-refractivity contribution in [3.05, 3.63) is 105 Å². The fourth-order valence-corrected chi connectivity index (χ4v) is 4.79. The fourth-order valence-electron chi connectivity index (χ4n) is 4.49. The van der Waals surface area contributed by atoms with Gasteiger partial charge in [-0.2, -0.15) is 0 Å². The van der Waals surface area contributed by atoms with Gasteiger partial charge in [0.2, 0.25) is 11.7 Å². The standard InChI is InChI=1S/C25H12BrFN4O4/c26-17-9-8-16(33-17)22-29-23-20-18(12-4-3-5-13(27)10-12)19-21(35-24(20)28-11-31(23)30-22)14-6-1-2-7-15(14)34-25(19)32/h1-11,18H. The molecule has 0 radical (unpaired) electrons. The normalized spacial score (nSPS) is 14.6. The highest BCUT2D eigenvalue weighted by atomic mass is 79.9. The number of hydrogen-bond acceptors (Lipinski definition) is 7. The van der Waals surface area contributed by atoms with Crippen LogP contribution >= 0.6 is 15.9 Å². The molecule has 0 fully saturated rings. The molecule has 6 aromatic rings. The Balaban J connectivity index is 1.56. The van der Waals surface area contributed by atoms with Crippen LogP contribution in [-0.4, -0.2) is 19.6 Å².